The van der Waals surface area contributed by atoms with Gasteiger partial charge in [-0.25, -0.2) is 0 Å². The highest BCUT2D eigenvalue weighted by Gasteiger charge is 2.33. The van der Waals surface area contributed by atoms with E-state index in [0.717, 1.165) is 19.0 Å². The predicted molar refractivity (Wildman–Crippen MR) is 83.4 cm³/mol. The van der Waals surface area contributed by atoms with Crippen molar-refractivity contribution >= 4 is 22.9 Å². The molecule has 0 aliphatic carbocycles. The molecule has 0 radical (unpaired) electrons. The number of halogens is 3. The molecule has 0 saturated heterocycles. The number of hydrogen-bond acceptors (Lipinski definition) is 3. The number of anilines is 1. The maximum atomic E-state index is 12.9. The fourth-order valence-electron chi connectivity index (χ4n) is 2.67. The van der Waals surface area contributed by atoms with Crippen LogP contribution in [0.5, 0.6) is 0 Å². The first-order valence-electron chi connectivity index (χ1n) is 7.17. The summed E-state index contributed by atoms with van der Waals surface area (Å²) in [6.45, 7) is 1.48. The van der Waals surface area contributed by atoms with Crippen LogP contribution in [0.3, 0.4) is 0 Å². The number of carbonyl (C=O) groups excluding carboxylic acids is 1. The third-order valence-electron chi connectivity index (χ3n) is 3.76. The van der Waals surface area contributed by atoms with Crippen LogP contribution in [-0.4, -0.2) is 23.9 Å². The van der Waals surface area contributed by atoms with E-state index in [1.54, 1.807) is 11.3 Å². The molecule has 0 saturated carbocycles. The molecule has 3 rings (SSSR count). The molecule has 122 valence electrons. The van der Waals surface area contributed by atoms with E-state index in [0.29, 0.717) is 6.54 Å². The average molecular weight is 340 g/mol. The largest absolute Gasteiger partial charge is 0.418 e. The molecule has 3 nitrogen and oxygen atoms in total. The highest BCUT2D eigenvalue weighted by atomic mass is 32.1. The summed E-state index contributed by atoms with van der Waals surface area (Å²) in [4.78, 5) is 15.4. The van der Waals surface area contributed by atoms with Crippen LogP contribution in [0.1, 0.15) is 16.0 Å². The highest BCUT2D eigenvalue weighted by Crippen LogP contribution is 2.34. The molecule has 2 aromatic rings. The minimum atomic E-state index is -4.49. The number of nitrogens with zero attached hydrogens (tertiary/aromatic N) is 1. The van der Waals surface area contributed by atoms with Crippen LogP contribution < -0.4 is 5.32 Å². The minimum Gasteiger partial charge on any atom is -0.324 e. The first kappa shape index (κ1) is 16.0. The summed E-state index contributed by atoms with van der Waals surface area (Å²) in [6.07, 6.45) is -3.61. The van der Waals surface area contributed by atoms with Crippen molar-refractivity contribution in [1.82, 2.24) is 4.90 Å². The number of hydrogen-bond donors (Lipinski definition) is 1. The number of amides is 1. The molecule has 0 atom stereocenters. The lowest BCUT2D eigenvalue weighted by molar-refractivity contribution is -0.137. The summed E-state index contributed by atoms with van der Waals surface area (Å²) in [5.74, 6) is -0.430. The van der Waals surface area contributed by atoms with Crippen molar-refractivity contribution in [2.75, 3.05) is 18.4 Å². The summed E-state index contributed by atoms with van der Waals surface area (Å²) in [5, 5.41) is 4.41. The summed E-state index contributed by atoms with van der Waals surface area (Å²) in [6, 6.07) is 7.05. The smallest absolute Gasteiger partial charge is 0.324 e. The Hall–Kier alpha value is -1.86. The van der Waals surface area contributed by atoms with Crippen molar-refractivity contribution in [2.24, 2.45) is 0 Å². The van der Waals surface area contributed by atoms with Crippen LogP contribution in [0.4, 0.5) is 18.9 Å². The van der Waals surface area contributed by atoms with E-state index in [4.69, 9.17) is 0 Å². The maximum Gasteiger partial charge on any atom is 0.418 e. The van der Waals surface area contributed by atoms with E-state index in [1.165, 1.54) is 28.6 Å². The van der Waals surface area contributed by atoms with Gasteiger partial charge in [0.05, 0.1) is 17.8 Å². The molecule has 1 amide bonds. The van der Waals surface area contributed by atoms with Gasteiger partial charge in [0, 0.05) is 18.0 Å². The standard InChI is InChI=1S/C16H15F3N2OS/c17-16(18,19)12-3-1-2-4-13(12)20-15(22)10-21-7-5-14-11(9-21)6-8-23-14/h1-4,6,8H,5,7,9-10H2,(H,20,22). The van der Waals surface area contributed by atoms with E-state index in [1.807, 2.05) is 16.3 Å². The molecule has 1 aliphatic rings. The number of nitrogens with one attached hydrogen (secondary N) is 1. The number of alkyl halides is 3. The molecular weight excluding hydrogens is 325 g/mol. The molecule has 7 heteroatoms. The molecule has 1 aliphatic heterocycles. The number of carbonyl (C=O) groups is 1. The monoisotopic (exact) mass is 340 g/mol. The zero-order valence-corrected chi connectivity index (χ0v) is 13.0. The van der Waals surface area contributed by atoms with Crippen LogP contribution in [-0.2, 0) is 23.9 Å². The summed E-state index contributed by atoms with van der Waals surface area (Å²) >= 11 is 1.70. The Morgan fingerprint density at radius 2 is 2.04 bits per heavy atom. The van der Waals surface area contributed by atoms with Crippen molar-refractivity contribution < 1.29 is 18.0 Å². The lowest BCUT2D eigenvalue weighted by Gasteiger charge is -2.26. The third kappa shape index (κ3) is 3.73. The molecule has 0 spiro atoms. The van der Waals surface area contributed by atoms with Gasteiger partial charge in [-0.3, -0.25) is 9.69 Å². The van der Waals surface area contributed by atoms with Gasteiger partial charge < -0.3 is 5.32 Å². The lowest BCUT2D eigenvalue weighted by atomic mass is 10.1. The second-order valence-electron chi connectivity index (χ2n) is 5.42. The van der Waals surface area contributed by atoms with Crippen molar-refractivity contribution in [3.05, 3.63) is 51.7 Å². The van der Waals surface area contributed by atoms with Gasteiger partial charge in [-0.1, -0.05) is 12.1 Å². The van der Waals surface area contributed by atoms with Gasteiger partial charge in [0.2, 0.25) is 5.91 Å². The molecule has 0 unspecified atom stereocenters. The Balaban J connectivity index is 1.65. The van der Waals surface area contributed by atoms with Crippen LogP contribution >= 0.6 is 11.3 Å². The zero-order chi connectivity index (χ0) is 16.4. The average Bonchev–Trinajstić information content (AvgIpc) is 2.94. The van der Waals surface area contributed by atoms with Crippen molar-refractivity contribution in [2.45, 2.75) is 19.1 Å². The topological polar surface area (TPSA) is 32.3 Å². The van der Waals surface area contributed by atoms with Crippen molar-refractivity contribution in [3.63, 3.8) is 0 Å². The van der Waals surface area contributed by atoms with E-state index in [-0.39, 0.29) is 12.2 Å². The molecule has 1 N–H and O–H groups in total. The van der Waals surface area contributed by atoms with Gasteiger partial charge in [-0.2, -0.15) is 13.2 Å². The van der Waals surface area contributed by atoms with E-state index in [2.05, 4.69) is 5.32 Å². The molecule has 1 aromatic heterocycles. The number of rotatable bonds is 3. The highest BCUT2D eigenvalue weighted by molar-refractivity contribution is 7.10. The second kappa shape index (κ2) is 6.33. The first-order valence-corrected chi connectivity index (χ1v) is 8.05. The lowest BCUT2D eigenvalue weighted by Crippen LogP contribution is -2.36. The second-order valence-corrected chi connectivity index (χ2v) is 6.42. The summed E-state index contributed by atoms with van der Waals surface area (Å²) in [7, 11) is 0. The summed E-state index contributed by atoms with van der Waals surface area (Å²) < 4.78 is 38.8. The zero-order valence-electron chi connectivity index (χ0n) is 12.2. The van der Waals surface area contributed by atoms with Crippen LogP contribution in [0.25, 0.3) is 0 Å². The number of benzene rings is 1. The Labute approximate surface area is 135 Å². The number of para-hydroxylation sites is 1. The number of thiophene rings is 1. The molecule has 23 heavy (non-hydrogen) atoms. The first-order chi connectivity index (χ1) is 10.9. The quantitative estimate of drug-likeness (QED) is 0.923. The Morgan fingerprint density at radius 1 is 1.26 bits per heavy atom. The van der Waals surface area contributed by atoms with Gasteiger partial charge in [0.15, 0.2) is 0 Å². The molecular formula is C16H15F3N2OS. The van der Waals surface area contributed by atoms with Gasteiger partial charge in [0.25, 0.3) is 0 Å². The van der Waals surface area contributed by atoms with Crippen LogP contribution in [0.2, 0.25) is 0 Å². The third-order valence-corrected chi connectivity index (χ3v) is 4.78. The van der Waals surface area contributed by atoms with Crippen LogP contribution in [0.15, 0.2) is 35.7 Å². The molecule has 1 aromatic carbocycles. The fraction of sp³-hybridized carbons (Fsp3) is 0.312. The maximum absolute atomic E-state index is 12.9. The molecule has 0 bridgehead atoms. The van der Waals surface area contributed by atoms with Crippen molar-refractivity contribution in [1.29, 1.82) is 0 Å². The number of fused-ring (bicyclic) bond motifs is 1. The summed E-state index contributed by atoms with van der Waals surface area (Å²) in [5.41, 5.74) is 0.176. The van der Waals surface area contributed by atoms with E-state index >= 15 is 0 Å². The normalized spacial score (nSPS) is 15.3. The van der Waals surface area contributed by atoms with Gasteiger partial charge in [-0.05, 0) is 35.6 Å². The van der Waals surface area contributed by atoms with Gasteiger partial charge in [0.1, 0.15) is 0 Å². The Kier molecular flexibility index (Phi) is 4.41. The molecule has 2 heterocycles. The van der Waals surface area contributed by atoms with E-state index in [9.17, 15) is 18.0 Å². The predicted octanol–water partition coefficient (Wildman–Crippen LogP) is 3.76. The van der Waals surface area contributed by atoms with E-state index < -0.39 is 17.6 Å². The van der Waals surface area contributed by atoms with Crippen LogP contribution in [0, 0.1) is 0 Å². The van der Waals surface area contributed by atoms with Gasteiger partial charge in [-0.15, -0.1) is 11.3 Å². The Bertz CT molecular complexity index is 711. The van der Waals surface area contributed by atoms with Crippen molar-refractivity contribution in [3.8, 4) is 0 Å². The minimum absolute atomic E-state index is 0.0848. The molecule has 0 fully saturated rings. The Morgan fingerprint density at radius 3 is 2.83 bits per heavy atom. The SMILES string of the molecule is O=C(CN1CCc2sccc2C1)Nc1ccccc1C(F)(F)F. The fourth-order valence-corrected chi connectivity index (χ4v) is 3.56. The van der Waals surface area contributed by atoms with Gasteiger partial charge >= 0.3 is 6.18 Å².